The standard InChI is InChI=1S/C14H23N5O/c1-3-20-10-4-5-16-14-17-7-9-19(14)13(2)11-18-8-6-15-12-18/h6-9,12-13H,3-5,10-11H2,1-2H3,(H,16,17). The topological polar surface area (TPSA) is 56.9 Å². The predicted octanol–water partition coefficient (Wildman–Crippen LogP) is 2.18. The maximum Gasteiger partial charge on any atom is 0.203 e. The van der Waals surface area contributed by atoms with Crippen LogP contribution in [0.2, 0.25) is 0 Å². The number of anilines is 1. The second-order valence-corrected chi connectivity index (χ2v) is 4.74. The zero-order valence-corrected chi connectivity index (χ0v) is 12.2. The third-order valence-corrected chi connectivity index (χ3v) is 3.13. The summed E-state index contributed by atoms with van der Waals surface area (Å²) in [6.07, 6.45) is 10.4. The number of imidazole rings is 2. The van der Waals surface area contributed by atoms with Gasteiger partial charge in [0.2, 0.25) is 5.95 Å². The van der Waals surface area contributed by atoms with Crippen molar-refractivity contribution in [2.45, 2.75) is 32.9 Å². The van der Waals surface area contributed by atoms with E-state index in [1.165, 1.54) is 0 Å². The van der Waals surface area contributed by atoms with E-state index in [0.717, 1.165) is 38.7 Å². The molecule has 0 radical (unpaired) electrons. The second kappa shape index (κ2) is 7.69. The average Bonchev–Trinajstić information content (AvgIpc) is 3.09. The Morgan fingerprint density at radius 3 is 3.00 bits per heavy atom. The van der Waals surface area contributed by atoms with Crippen molar-refractivity contribution in [1.82, 2.24) is 19.1 Å². The molecular weight excluding hydrogens is 254 g/mol. The summed E-state index contributed by atoms with van der Waals surface area (Å²) in [6.45, 7) is 7.50. The Hall–Kier alpha value is -1.82. The van der Waals surface area contributed by atoms with Gasteiger partial charge >= 0.3 is 0 Å². The van der Waals surface area contributed by atoms with E-state index in [0.29, 0.717) is 6.04 Å². The van der Waals surface area contributed by atoms with Crippen molar-refractivity contribution in [3.8, 4) is 0 Å². The Kier molecular flexibility index (Phi) is 5.61. The SMILES string of the molecule is CCOCCCNc1nccn1C(C)Cn1ccnc1. The zero-order valence-electron chi connectivity index (χ0n) is 12.2. The number of rotatable bonds is 9. The Morgan fingerprint density at radius 1 is 1.35 bits per heavy atom. The molecule has 0 saturated heterocycles. The Morgan fingerprint density at radius 2 is 2.25 bits per heavy atom. The van der Waals surface area contributed by atoms with Crippen LogP contribution >= 0.6 is 0 Å². The highest BCUT2D eigenvalue weighted by atomic mass is 16.5. The Labute approximate surface area is 119 Å². The van der Waals surface area contributed by atoms with Crippen molar-refractivity contribution in [1.29, 1.82) is 0 Å². The summed E-state index contributed by atoms with van der Waals surface area (Å²) in [5.41, 5.74) is 0. The minimum Gasteiger partial charge on any atom is -0.382 e. The molecule has 0 aliphatic rings. The first-order valence-corrected chi connectivity index (χ1v) is 7.11. The maximum atomic E-state index is 5.32. The van der Waals surface area contributed by atoms with Gasteiger partial charge in [-0.1, -0.05) is 0 Å². The molecule has 0 aliphatic carbocycles. The first kappa shape index (κ1) is 14.6. The van der Waals surface area contributed by atoms with Gasteiger partial charge < -0.3 is 19.2 Å². The quantitative estimate of drug-likeness (QED) is 0.714. The molecule has 0 aromatic carbocycles. The predicted molar refractivity (Wildman–Crippen MR) is 78.8 cm³/mol. The van der Waals surface area contributed by atoms with Gasteiger partial charge in [-0.2, -0.15) is 0 Å². The zero-order chi connectivity index (χ0) is 14.2. The van der Waals surface area contributed by atoms with Gasteiger partial charge in [0.15, 0.2) is 0 Å². The van der Waals surface area contributed by atoms with Crippen LogP contribution in [0.5, 0.6) is 0 Å². The number of ether oxygens (including phenoxy) is 1. The average molecular weight is 277 g/mol. The van der Waals surface area contributed by atoms with E-state index >= 15 is 0 Å². The van der Waals surface area contributed by atoms with Crippen LogP contribution in [0.3, 0.4) is 0 Å². The van der Waals surface area contributed by atoms with Crippen molar-refractivity contribution >= 4 is 5.95 Å². The summed E-state index contributed by atoms with van der Waals surface area (Å²) in [5, 5.41) is 3.36. The largest absolute Gasteiger partial charge is 0.382 e. The van der Waals surface area contributed by atoms with Crippen LogP contribution in [0, 0.1) is 0 Å². The Bertz CT molecular complexity index is 479. The molecule has 2 heterocycles. The van der Waals surface area contributed by atoms with Crippen molar-refractivity contribution < 1.29 is 4.74 Å². The van der Waals surface area contributed by atoms with E-state index in [9.17, 15) is 0 Å². The number of aromatic nitrogens is 4. The van der Waals surface area contributed by atoms with Crippen LogP contribution in [-0.4, -0.2) is 38.9 Å². The first-order chi connectivity index (χ1) is 9.81. The smallest absolute Gasteiger partial charge is 0.203 e. The van der Waals surface area contributed by atoms with E-state index in [4.69, 9.17) is 4.74 Å². The summed E-state index contributed by atoms with van der Waals surface area (Å²) < 4.78 is 9.55. The summed E-state index contributed by atoms with van der Waals surface area (Å²) in [5.74, 6) is 0.911. The molecule has 2 rings (SSSR count). The fraction of sp³-hybridized carbons (Fsp3) is 0.571. The molecule has 6 nitrogen and oxygen atoms in total. The fourth-order valence-electron chi connectivity index (χ4n) is 2.11. The Balaban J connectivity index is 1.84. The molecule has 0 aliphatic heterocycles. The third kappa shape index (κ3) is 4.09. The minimum absolute atomic E-state index is 0.320. The highest BCUT2D eigenvalue weighted by Crippen LogP contribution is 2.15. The van der Waals surface area contributed by atoms with Crippen molar-refractivity contribution in [3.63, 3.8) is 0 Å². The normalized spacial score (nSPS) is 12.5. The highest BCUT2D eigenvalue weighted by Gasteiger charge is 2.10. The van der Waals surface area contributed by atoms with Gasteiger partial charge in [0, 0.05) is 51.1 Å². The van der Waals surface area contributed by atoms with Gasteiger partial charge in [-0.05, 0) is 20.3 Å². The highest BCUT2D eigenvalue weighted by molar-refractivity contribution is 5.26. The van der Waals surface area contributed by atoms with Crippen molar-refractivity contribution in [2.75, 3.05) is 25.1 Å². The molecule has 20 heavy (non-hydrogen) atoms. The van der Waals surface area contributed by atoms with Gasteiger partial charge in [0.05, 0.1) is 12.4 Å². The van der Waals surface area contributed by atoms with Gasteiger partial charge in [0.25, 0.3) is 0 Å². The lowest BCUT2D eigenvalue weighted by Crippen LogP contribution is -2.16. The summed E-state index contributed by atoms with van der Waals surface area (Å²) in [7, 11) is 0. The molecular formula is C14H23N5O. The molecule has 1 N–H and O–H groups in total. The van der Waals surface area contributed by atoms with Crippen LogP contribution in [0.25, 0.3) is 0 Å². The van der Waals surface area contributed by atoms with Crippen molar-refractivity contribution in [2.24, 2.45) is 0 Å². The molecule has 0 amide bonds. The molecule has 6 heteroatoms. The van der Waals surface area contributed by atoms with E-state index in [1.807, 2.05) is 31.8 Å². The van der Waals surface area contributed by atoms with Gasteiger partial charge in [-0.25, -0.2) is 9.97 Å². The van der Waals surface area contributed by atoms with E-state index < -0.39 is 0 Å². The molecule has 0 saturated carbocycles. The maximum absolute atomic E-state index is 5.32. The number of hydrogen-bond donors (Lipinski definition) is 1. The molecule has 2 aromatic rings. The van der Waals surface area contributed by atoms with Crippen LogP contribution in [0.4, 0.5) is 5.95 Å². The lowest BCUT2D eigenvalue weighted by molar-refractivity contribution is 0.147. The van der Waals surface area contributed by atoms with Crippen LogP contribution < -0.4 is 5.32 Å². The molecule has 0 spiro atoms. The fourth-order valence-corrected chi connectivity index (χ4v) is 2.11. The van der Waals surface area contributed by atoms with E-state index in [2.05, 4.69) is 31.3 Å². The molecule has 0 bridgehead atoms. The molecule has 0 fully saturated rings. The van der Waals surface area contributed by atoms with Crippen LogP contribution in [0.15, 0.2) is 31.1 Å². The lowest BCUT2D eigenvalue weighted by atomic mass is 10.3. The number of hydrogen-bond acceptors (Lipinski definition) is 4. The molecule has 1 unspecified atom stereocenters. The summed E-state index contributed by atoms with van der Waals surface area (Å²) in [6, 6.07) is 0.320. The molecule has 110 valence electrons. The molecule has 1 atom stereocenters. The first-order valence-electron chi connectivity index (χ1n) is 7.11. The van der Waals surface area contributed by atoms with Crippen molar-refractivity contribution in [3.05, 3.63) is 31.1 Å². The second-order valence-electron chi connectivity index (χ2n) is 4.74. The number of nitrogens with zero attached hydrogens (tertiary/aromatic N) is 4. The van der Waals surface area contributed by atoms with E-state index in [1.54, 1.807) is 6.20 Å². The monoisotopic (exact) mass is 277 g/mol. The summed E-state index contributed by atoms with van der Waals surface area (Å²) >= 11 is 0. The lowest BCUT2D eigenvalue weighted by Gasteiger charge is -2.17. The summed E-state index contributed by atoms with van der Waals surface area (Å²) in [4.78, 5) is 8.44. The number of nitrogens with one attached hydrogen (secondary N) is 1. The molecule has 2 aromatic heterocycles. The van der Waals surface area contributed by atoms with Gasteiger partial charge in [0.1, 0.15) is 0 Å². The van der Waals surface area contributed by atoms with Gasteiger partial charge in [-0.15, -0.1) is 0 Å². The van der Waals surface area contributed by atoms with Crippen LogP contribution in [0.1, 0.15) is 26.3 Å². The third-order valence-electron chi connectivity index (χ3n) is 3.13. The minimum atomic E-state index is 0.320. The van der Waals surface area contributed by atoms with Gasteiger partial charge in [-0.3, -0.25) is 0 Å². The van der Waals surface area contributed by atoms with Crippen LogP contribution in [-0.2, 0) is 11.3 Å². The van der Waals surface area contributed by atoms with E-state index in [-0.39, 0.29) is 0 Å².